The molecule has 0 saturated carbocycles. The van der Waals surface area contributed by atoms with Crippen molar-refractivity contribution in [3.05, 3.63) is 95.8 Å². The van der Waals surface area contributed by atoms with Crippen LogP contribution >= 0.6 is 0 Å². The molecule has 134 valence electrons. The van der Waals surface area contributed by atoms with Gasteiger partial charge < -0.3 is 9.14 Å². The van der Waals surface area contributed by atoms with Gasteiger partial charge in [-0.1, -0.05) is 66.2 Å². The molecule has 1 atom stereocenters. The largest absolute Gasteiger partial charge is 0.468 e. The van der Waals surface area contributed by atoms with Crippen LogP contribution in [0.4, 0.5) is 0 Å². The molecule has 4 nitrogen and oxygen atoms in total. The monoisotopic (exact) mass is 356 g/mol. The van der Waals surface area contributed by atoms with E-state index in [0.717, 1.165) is 33.7 Å². The van der Waals surface area contributed by atoms with Crippen molar-refractivity contribution in [2.24, 2.45) is 0 Å². The number of fused-ring (bicyclic) bond motifs is 1. The quantitative estimate of drug-likeness (QED) is 0.501. The lowest BCUT2D eigenvalue weighted by molar-refractivity contribution is -0.141. The van der Waals surface area contributed by atoms with Crippen molar-refractivity contribution in [3.63, 3.8) is 0 Å². The Morgan fingerprint density at radius 1 is 0.963 bits per heavy atom. The summed E-state index contributed by atoms with van der Waals surface area (Å²) in [5.41, 5.74) is 5.40. The van der Waals surface area contributed by atoms with Gasteiger partial charge in [0.2, 0.25) is 0 Å². The molecule has 0 saturated heterocycles. The molecule has 1 unspecified atom stereocenters. The van der Waals surface area contributed by atoms with Crippen LogP contribution in [-0.4, -0.2) is 22.5 Å². The molecular formula is C23H20N2O2. The van der Waals surface area contributed by atoms with Gasteiger partial charge in [-0.25, -0.2) is 4.98 Å². The van der Waals surface area contributed by atoms with Crippen molar-refractivity contribution >= 4 is 11.6 Å². The highest BCUT2D eigenvalue weighted by Gasteiger charge is 2.30. The third-order valence-corrected chi connectivity index (χ3v) is 4.74. The molecule has 4 aromatic rings. The van der Waals surface area contributed by atoms with Crippen LogP contribution in [0.1, 0.15) is 22.7 Å². The number of hydrogen-bond acceptors (Lipinski definition) is 3. The number of pyridine rings is 1. The standard InChI is InChI=1S/C23H20N2O2/c1-16-11-13-17(14-12-16)20(23(26)27-2)22-21(18-8-4-3-5-9-18)24-19-10-6-7-15-25(19)22/h3-15,20H,1-2H3. The fraction of sp³-hybridized carbons (Fsp3) is 0.130. The third kappa shape index (κ3) is 3.10. The lowest BCUT2D eigenvalue weighted by Gasteiger charge is -2.17. The number of esters is 1. The highest BCUT2D eigenvalue weighted by atomic mass is 16.5. The average molecular weight is 356 g/mol. The van der Waals surface area contributed by atoms with Gasteiger partial charge in [0.15, 0.2) is 0 Å². The van der Waals surface area contributed by atoms with Crippen LogP contribution in [0.15, 0.2) is 79.0 Å². The van der Waals surface area contributed by atoms with Crippen LogP contribution in [0.2, 0.25) is 0 Å². The summed E-state index contributed by atoms with van der Waals surface area (Å²) >= 11 is 0. The minimum absolute atomic E-state index is 0.304. The van der Waals surface area contributed by atoms with Gasteiger partial charge in [0.25, 0.3) is 0 Å². The molecule has 0 radical (unpaired) electrons. The summed E-state index contributed by atoms with van der Waals surface area (Å²) in [5, 5.41) is 0. The number of benzene rings is 2. The first-order valence-corrected chi connectivity index (χ1v) is 8.86. The number of nitrogens with zero attached hydrogens (tertiary/aromatic N) is 2. The van der Waals surface area contributed by atoms with E-state index in [4.69, 9.17) is 9.72 Å². The Labute approximate surface area is 158 Å². The number of carbonyl (C=O) groups is 1. The smallest absolute Gasteiger partial charge is 0.319 e. The molecule has 0 fully saturated rings. The average Bonchev–Trinajstić information content (AvgIpc) is 3.09. The van der Waals surface area contributed by atoms with Crippen molar-refractivity contribution in [3.8, 4) is 11.3 Å². The van der Waals surface area contributed by atoms with Crippen molar-refractivity contribution in [1.82, 2.24) is 9.38 Å². The van der Waals surface area contributed by atoms with Crippen molar-refractivity contribution in [1.29, 1.82) is 0 Å². The van der Waals surface area contributed by atoms with E-state index in [9.17, 15) is 4.79 Å². The fourth-order valence-electron chi connectivity index (χ4n) is 3.38. The molecule has 0 amide bonds. The number of ether oxygens (including phenoxy) is 1. The predicted molar refractivity (Wildman–Crippen MR) is 106 cm³/mol. The lowest BCUT2D eigenvalue weighted by Crippen LogP contribution is -2.18. The highest BCUT2D eigenvalue weighted by molar-refractivity contribution is 5.85. The van der Waals surface area contributed by atoms with Crippen LogP contribution in [0.3, 0.4) is 0 Å². The van der Waals surface area contributed by atoms with E-state index in [2.05, 4.69) is 0 Å². The first-order chi connectivity index (χ1) is 13.2. The Balaban J connectivity index is 2.01. The first-order valence-electron chi connectivity index (χ1n) is 8.86. The zero-order valence-corrected chi connectivity index (χ0v) is 15.3. The minimum Gasteiger partial charge on any atom is -0.468 e. The second-order valence-electron chi connectivity index (χ2n) is 6.51. The summed E-state index contributed by atoms with van der Waals surface area (Å²) < 4.78 is 7.16. The molecule has 2 heterocycles. The van der Waals surface area contributed by atoms with Crippen LogP contribution in [0, 0.1) is 6.92 Å². The summed E-state index contributed by atoms with van der Waals surface area (Å²) in [6.07, 6.45) is 1.94. The van der Waals surface area contributed by atoms with Crippen LogP contribution in [0.25, 0.3) is 16.9 Å². The molecule has 0 aliphatic heterocycles. The van der Waals surface area contributed by atoms with Gasteiger partial charge in [0.1, 0.15) is 11.6 Å². The van der Waals surface area contributed by atoms with Gasteiger partial charge in [0, 0.05) is 11.8 Å². The molecule has 2 aromatic carbocycles. The van der Waals surface area contributed by atoms with Gasteiger partial charge in [-0.2, -0.15) is 0 Å². The number of aryl methyl sites for hydroxylation is 1. The van der Waals surface area contributed by atoms with Gasteiger partial charge in [-0.3, -0.25) is 4.79 Å². The first kappa shape index (κ1) is 17.0. The van der Waals surface area contributed by atoms with E-state index in [1.54, 1.807) is 0 Å². The minimum atomic E-state index is -0.566. The van der Waals surface area contributed by atoms with Gasteiger partial charge in [-0.05, 0) is 24.6 Å². The molecule has 0 spiro atoms. The maximum absolute atomic E-state index is 12.9. The molecule has 27 heavy (non-hydrogen) atoms. The van der Waals surface area contributed by atoms with Crippen LogP contribution in [-0.2, 0) is 9.53 Å². The molecule has 0 N–H and O–H groups in total. The normalized spacial score (nSPS) is 12.1. The van der Waals surface area contributed by atoms with E-state index >= 15 is 0 Å². The van der Waals surface area contributed by atoms with Crippen molar-refractivity contribution < 1.29 is 9.53 Å². The Morgan fingerprint density at radius 2 is 1.67 bits per heavy atom. The molecular weight excluding hydrogens is 336 g/mol. The summed E-state index contributed by atoms with van der Waals surface area (Å²) in [4.78, 5) is 17.7. The Hall–Kier alpha value is -3.40. The summed E-state index contributed by atoms with van der Waals surface area (Å²) in [7, 11) is 1.43. The lowest BCUT2D eigenvalue weighted by atomic mass is 9.92. The summed E-state index contributed by atoms with van der Waals surface area (Å²) in [6.45, 7) is 2.03. The maximum Gasteiger partial charge on any atom is 0.319 e. The van der Waals surface area contributed by atoms with E-state index in [1.807, 2.05) is 90.3 Å². The number of carbonyl (C=O) groups excluding carboxylic acids is 1. The molecule has 0 aliphatic rings. The highest BCUT2D eigenvalue weighted by Crippen LogP contribution is 2.35. The molecule has 4 heteroatoms. The van der Waals surface area contributed by atoms with Crippen LogP contribution < -0.4 is 0 Å². The topological polar surface area (TPSA) is 43.6 Å². The Morgan fingerprint density at radius 3 is 2.37 bits per heavy atom. The number of aromatic nitrogens is 2. The molecule has 4 rings (SSSR count). The van der Waals surface area contributed by atoms with Gasteiger partial charge >= 0.3 is 5.97 Å². The van der Waals surface area contributed by atoms with Crippen molar-refractivity contribution in [2.75, 3.05) is 7.11 Å². The van der Waals surface area contributed by atoms with E-state index < -0.39 is 5.92 Å². The maximum atomic E-state index is 12.9. The second kappa shape index (κ2) is 7.08. The van der Waals surface area contributed by atoms with Gasteiger partial charge in [0.05, 0.1) is 18.5 Å². The zero-order chi connectivity index (χ0) is 18.8. The summed E-state index contributed by atoms with van der Waals surface area (Å²) in [6, 6.07) is 23.7. The number of hydrogen-bond donors (Lipinski definition) is 0. The molecule has 2 aromatic heterocycles. The summed E-state index contributed by atoms with van der Waals surface area (Å²) in [5.74, 6) is -0.870. The van der Waals surface area contributed by atoms with E-state index in [0.29, 0.717) is 0 Å². The predicted octanol–water partition coefficient (Wildman–Crippen LogP) is 4.61. The van der Waals surface area contributed by atoms with Crippen molar-refractivity contribution in [2.45, 2.75) is 12.8 Å². The van der Waals surface area contributed by atoms with Gasteiger partial charge in [-0.15, -0.1) is 0 Å². The SMILES string of the molecule is COC(=O)C(c1ccc(C)cc1)c1c(-c2ccccc2)nc2ccccn12. The number of imidazole rings is 1. The Bertz CT molecular complexity index is 1080. The third-order valence-electron chi connectivity index (χ3n) is 4.74. The molecule has 0 aliphatic carbocycles. The number of rotatable bonds is 4. The second-order valence-corrected chi connectivity index (χ2v) is 6.51. The fourth-order valence-corrected chi connectivity index (χ4v) is 3.38. The Kier molecular flexibility index (Phi) is 4.47. The van der Waals surface area contributed by atoms with E-state index in [1.165, 1.54) is 7.11 Å². The zero-order valence-electron chi connectivity index (χ0n) is 15.3. The van der Waals surface area contributed by atoms with E-state index in [-0.39, 0.29) is 5.97 Å². The molecule has 0 bridgehead atoms. The number of methoxy groups -OCH3 is 1. The van der Waals surface area contributed by atoms with Crippen LogP contribution in [0.5, 0.6) is 0 Å².